The number of furan rings is 1. The maximum absolute atomic E-state index is 12.2. The lowest BCUT2D eigenvalue weighted by Crippen LogP contribution is -2.29. The molecule has 0 aliphatic carbocycles. The highest BCUT2D eigenvalue weighted by atomic mass is 79.9. The number of hydrogen-bond donors (Lipinski definition) is 0. The molecule has 0 fully saturated rings. The van der Waals surface area contributed by atoms with Crippen molar-refractivity contribution >= 4 is 21.8 Å². The van der Waals surface area contributed by atoms with Gasteiger partial charge < -0.3 is 9.32 Å². The fourth-order valence-corrected chi connectivity index (χ4v) is 2.02. The maximum Gasteiger partial charge on any atom is 0.289 e. The van der Waals surface area contributed by atoms with Crippen molar-refractivity contribution in [2.75, 3.05) is 6.54 Å². The Bertz CT molecular complexity index is 522. The largest absolute Gasteiger partial charge is 0.444 e. The standard InChI is InChI=1S/C14H14BrNO2/c1-2-16(10-11-6-4-3-5-7-11)14(17)12-8-9-13(15)18-12/h3-9H,2,10H2,1H3. The van der Waals surface area contributed by atoms with Crippen LogP contribution in [0, 0.1) is 0 Å². The van der Waals surface area contributed by atoms with Gasteiger partial charge in [0, 0.05) is 13.1 Å². The lowest BCUT2D eigenvalue weighted by Gasteiger charge is -2.19. The minimum atomic E-state index is -0.0907. The minimum absolute atomic E-state index is 0.0907. The zero-order valence-corrected chi connectivity index (χ0v) is 11.7. The quantitative estimate of drug-likeness (QED) is 0.863. The molecule has 1 amide bonds. The number of carbonyl (C=O) groups excluding carboxylic acids is 1. The summed E-state index contributed by atoms with van der Waals surface area (Å²) in [6.07, 6.45) is 0. The topological polar surface area (TPSA) is 33.5 Å². The van der Waals surface area contributed by atoms with E-state index in [-0.39, 0.29) is 5.91 Å². The van der Waals surface area contributed by atoms with Gasteiger partial charge in [-0.25, -0.2) is 0 Å². The predicted octanol–water partition coefficient (Wildman–Crippen LogP) is 3.70. The van der Waals surface area contributed by atoms with Gasteiger partial charge in [0.15, 0.2) is 10.4 Å². The zero-order valence-electron chi connectivity index (χ0n) is 10.1. The van der Waals surface area contributed by atoms with Crippen molar-refractivity contribution in [3.63, 3.8) is 0 Å². The van der Waals surface area contributed by atoms with Crippen molar-refractivity contribution in [3.8, 4) is 0 Å². The molecule has 1 aromatic heterocycles. The summed E-state index contributed by atoms with van der Waals surface area (Å²) in [5, 5.41) is 0. The van der Waals surface area contributed by atoms with E-state index in [0.717, 1.165) is 5.56 Å². The summed E-state index contributed by atoms with van der Waals surface area (Å²) >= 11 is 3.20. The lowest BCUT2D eigenvalue weighted by molar-refractivity contribution is 0.0719. The van der Waals surface area contributed by atoms with Gasteiger partial charge in [-0.2, -0.15) is 0 Å². The highest BCUT2D eigenvalue weighted by Gasteiger charge is 2.17. The molecule has 2 aromatic rings. The van der Waals surface area contributed by atoms with E-state index < -0.39 is 0 Å². The first-order chi connectivity index (χ1) is 8.70. The van der Waals surface area contributed by atoms with E-state index in [1.807, 2.05) is 37.3 Å². The first-order valence-electron chi connectivity index (χ1n) is 5.79. The van der Waals surface area contributed by atoms with Gasteiger partial charge in [-0.15, -0.1) is 0 Å². The van der Waals surface area contributed by atoms with Crippen molar-refractivity contribution in [1.29, 1.82) is 0 Å². The van der Waals surface area contributed by atoms with Crippen LogP contribution < -0.4 is 0 Å². The molecule has 0 aliphatic heterocycles. The van der Waals surface area contributed by atoms with Crippen molar-refractivity contribution in [1.82, 2.24) is 4.90 Å². The second-order valence-electron chi connectivity index (χ2n) is 3.91. The average molecular weight is 308 g/mol. The van der Waals surface area contributed by atoms with E-state index in [1.165, 1.54) is 0 Å². The Morgan fingerprint density at radius 3 is 2.50 bits per heavy atom. The van der Waals surface area contributed by atoms with Gasteiger partial charge in [0.25, 0.3) is 5.91 Å². The van der Waals surface area contributed by atoms with Gasteiger partial charge in [-0.05, 0) is 40.5 Å². The molecule has 2 rings (SSSR count). The monoisotopic (exact) mass is 307 g/mol. The molecule has 4 heteroatoms. The molecular weight excluding hydrogens is 294 g/mol. The first-order valence-corrected chi connectivity index (χ1v) is 6.58. The Kier molecular flexibility index (Phi) is 4.20. The third-order valence-corrected chi connectivity index (χ3v) is 3.10. The third-order valence-electron chi connectivity index (χ3n) is 2.67. The van der Waals surface area contributed by atoms with Crippen LogP contribution in [0.1, 0.15) is 23.0 Å². The van der Waals surface area contributed by atoms with E-state index in [9.17, 15) is 4.79 Å². The molecule has 0 N–H and O–H groups in total. The van der Waals surface area contributed by atoms with E-state index in [2.05, 4.69) is 15.9 Å². The van der Waals surface area contributed by atoms with Gasteiger partial charge in [-0.3, -0.25) is 4.79 Å². The van der Waals surface area contributed by atoms with Crippen LogP contribution in [0.3, 0.4) is 0 Å². The summed E-state index contributed by atoms with van der Waals surface area (Å²) in [6.45, 7) is 3.19. The van der Waals surface area contributed by atoms with Crippen LogP contribution in [0.4, 0.5) is 0 Å². The summed E-state index contributed by atoms with van der Waals surface area (Å²) in [5.74, 6) is 0.270. The third kappa shape index (κ3) is 3.01. The summed E-state index contributed by atoms with van der Waals surface area (Å²) in [6, 6.07) is 13.3. The lowest BCUT2D eigenvalue weighted by atomic mass is 10.2. The van der Waals surface area contributed by atoms with Gasteiger partial charge >= 0.3 is 0 Å². The van der Waals surface area contributed by atoms with Crippen LogP contribution in [-0.2, 0) is 6.54 Å². The number of carbonyl (C=O) groups is 1. The van der Waals surface area contributed by atoms with E-state index in [0.29, 0.717) is 23.5 Å². The highest BCUT2D eigenvalue weighted by molar-refractivity contribution is 9.10. The van der Waals surface area contributed by atoms with Crippen molar-refractivity contribution in [2.45, 2.75) is 13.5 Å². The molecule has 3 nitrogen and oxygen atoms in total. The summed E-state index contributed by atoms with van der Waals surface area (Å²) in [4.78, 5) is 14.0. The summed E-state index contributed by atoms with van der Waals surface area (Å²) < 4.78 is 5.86. The van der Waals surface area contributed by atoms with Crippen LogP contribution in [-0.4, -0.2) is 17.4 Å². The Labute approximate surface area is 115 Å². The normalized spacial score (nSPS) is 10.3. The number of nitrogens with zero attached hydrogens (tertiary/aromatic N) is 1. The Morgan fingerprint density at radius 2 is 1.94 bits per heavy atom. The van der Waals surface area contributed by atoms with Crippen LogP contribution in [0.15, 0.2) is 51.6 Å². The fraction of sp³-hybridized carbons (Fsp3) is 0.214. The number of halogens is 1. The molecule has 18 heavy (non-hydrogen) atoms. The summed E-state index contributed by atoms with van der Waals surface area (Å²) in [7, 11) is 0. The summed E-state index contributed by atoms with van der Waals surface area (Å²) in [5.41, 5.74) is 1.11. The first kappa shape index (κ1) is 12.9. The maximum atomic E-state index is 12.2. The van der Waals surface area contributed by atoms with Crippen LogP contribution in [0.25, 0.3) is 0 Å². The molecule has 0 bridgehead atoms. The van der Waals surface area contributed by atoms with Crippen molar-refractivity contribution in [2.24, 2.45) is 0 Å². The van der Waals surface area contributed by atoms with E-state index in [4.69, 9.17) is 4.42 Å². The van der Waals surface area contributed by atoms with Gasteiger partial charge in [0.2, 0.25) is 0 Å². The fourth-order valence-electron chi connectivity index (χ4n) is 1.72. The molecular formula is C14H14BrNO2. The molecule has 0 saturated heterocycles. The van der Waals surface area contributed by atoms with Crippen LogP contribution in [0.5, 0.6) is 0 Å². The molecule has 0 radical (unpaired) electrons. The van der Waals surface area contributed by atoms with Gasteiger partial charge in [0.05, 0.1) is 0 Å². The Hall–Kier alpha value is -1.55. The molecule has 1 aromatic carbocycles. The average Bonchev–Trinajstić information content (AvgIpc) is 2.83. The van der Waals surface area contributed by atoms with Gasteiger partial charge in [-0.1, -0.05) is 30.3 Å². The molecule has 0 unspecified atom stereocenters. The van der Waals surface area contributed by atoms with Crippen molar-refractivity contribution < 1.29 is 9.21 Å². The second-order valence-corrected chi connectivity index (χ2v) is 4.69. The SMILES string of the molecule is CCN(Cc1ccccc1)C(=O)c1ccc(Br)o1. The Morgan fingerprint density at radius 1 is 1.22 bits per heavy atom. The van der Waals surface area contributed by atoms with Crippen molar-refractivity contribution in [3.05, 3.63) is 58.5 Å². The smallest absolute Gasteiger partial charge is 0.289 e. The minimum Gasteiger partial charge on any atom is -0.444 e. The zero-order chi connectivity index (χ0) is 13.0. The number of benzene rings is 1. The number of hydrogen-bond acceptors (Lipinski definition) is 2. The highest BCUT2D eigenvalue weighted by Crippen LogP contribution is 2.17. The molecule has 1 heterocycles. The molecule has 94 valence electrons. The van der Waals surface area contributed by atoms with Crippen LogP contribution >= 0.6 is 15.9 Å². The second kappa shape index (κ2) is 5.87. The number of amides is 1. The molecule has 0 saturated carbocycles. The van der Waals surface area contributed by atoms with E-state index >= 15 is 0 Å². The van der Waals surface area contributed by atoms with E-state index in [1.54, 1.807) is 17.0 Å². The number of rotatable bonds is 4. The molecule has 0 atom stereocenters. The van der Waals surface area contributed by atoms with Crippen LogP contribution in [0.2, 0.25) is 0 Å². The predicted molar refractivity (Wildman–Crippen MR) is 73.3 cm³/mol. The van der Waals surface area contributed by atoms with Gasteiger partial charge in [0.1, 0.15) is 0 Å². The Balaban J connectivity index is 2.12. The molecule has 0 aliphatic rings. The molecule has 0 spiro atoms.